The Labute approximate surface area is 189 Å². The molecule has 0 aliphatic rings. The van der Waals surface area contributed by atoms with Crippen LogP contribution in [0, 0.1) is 0 Å². The van der Waals surface area contributed by atoms with Crippen molar-refractivity contribution in [3.8, 4) is 0 Å². The number of para-hydroxylation sites is 2. The molecule has 0 aliphatic heterocycles. The molecule has 0 aliphatic carbocycles. The van der Waals surface area contributed by atoms with Gasteiger partial charge in [0.15, 0.2) is 5.12 Å². The fourth-order valence-corrected chi connectivity index (χ4v) is 3.91. The van der Waals surface area contributed by atoms with Crippen molar-refractivity contribution in [1.82, 2.24) is 5.32 Å². The summed E-state index contributed by atoms with van der Waals surface area (Å²) in [7, 11) is 0. The van der Waals surface area contributed by atoms with E-state index in [1.807, 2.05) is 24.3 Å². The minimum atomic E-state index is -0.883. The van der Waals surface area contributed by atoms with E-state index in [0.717, 1.165) is 17.3 Å². The average molecular weight is 469 g/mol. The van der Waals surface area contributed by atoms with Gasteiger partial charge in [-0.3, -0.25) is 9.59 Å². The van der Waals surface area contributed by atoms with Gasteiger partial charge in [-0.1, -0.05) is 59.2 Å². The van der Waals surface area contributed by atoms with Gasteiger partial charge in [0.2, 0.25) is 5.91 Å². The summed E-state index contributed by atoms with van der Waals surface area (Å²) in [4.78, 5) is 35.8. The fourth-order valence-electron chi connectivity index (χ4n) is 2.59. The van der Waals surface area contributed by atoms with Crippen LogP contribution >= 0.6 is 35.0 Å². The Morgan fingerprint density at radius 2 is 1.73 bits per heavy atom. The number of rotatable bonds is 9. The second kappa shape index (κ2) is 11.8. The number of benzene rings is 2. The van der Waals surface area contributed by atoms with E-state index < -0.39 is 12.0 Å². The highest BCUT2D eigenvalue weighted by molar-refractivity contribution is 8.13. The third kappa shape index (κ3) is 7.23. The van der Waals surface area contributed by atoms with Crippen LogP contribution < -0.4 is 10.6 Å². The SMILES string of the molecule is CCOC(=O)C(CSC(=O)Cc1ccccc1Nc1c(Cl)cccc1Cl)NC(C)=O. The van der Waals surface area contributed by atoms with Crippen LogP contribution in [-0.2, 0) is 25.5 Å². The van der Waals surface area contributed by atoms with Gasteiger partial charge in [-0.25, -0.2) is 4.79 Å². The number of carbonyl (C=O) groups is 3. The Bertz CT molecular complexity index is 903. The first-order valence-electron chi connectivity index (χ1n) is 9.20. The molecule has 0 bridgehead atoms. The predicted octanol–water partition coefficient (Wildman–Crippen LogP) is 4.61. The number of halogens is 2. The van der Waals surface area contributed by atoms with Crippen LogP contribution in [-0.4, -0.2) is 35.4 Å². The molecule has 1 amide bonds. The fraction of sp³-hybridized carbons (Fsp3) is 0.286. The molecule has 0 saturated heterocycles. The summed E-state index contributed by atoms with van der Waals surface area (Å²) in [5, 5.41) is 6.46. The molecule has 2 aromatic rings. The number of hydrogen-bond acceptors (Lipinski definition) is 6. The molecule has 0 spiro atoms. The molecule has 2 aromatic carbocycles. The normalized spacial score (nSPS) is 11.5. The van der Waals surface area contributed by atoms with E-state index >= 15 is 0 Å². The minimum Gasteiger partial charge on any atom is -0.464 e. The van der Waals surface area contributed by atoms with E-state index in [9.17, 15) is 14.4 Å². The van der Waals surface area contributed by atoms with E-state index in [1.165, 1.54) is 6.92 Å². The van der Waals surface area contributed by atoms with Crippen molar-refractivity contribution in [3.05, 3.63) is 58.1 Å². The lowest BCUT2D eigenvalue weighted by atomic mass is 10.1. The molecule has 1 unspecified atom stereocenters. The molecule has 0 fully saturated rings. The Balaban J connectivity index is 2.06. The van der Waals surface area contributed by atoms with Crippen molar-refractivity contribution in [2.45, 2.75) is 26.3 Å². The molecule has 1 atom stereocenters. The number of hydrogen-bond donors (Lipinski definition) is 2. The Hall–Kier alpha value is -2.22. The van der Waals surface area contributed by atoms with Gasteiger partial charge in [0.25, 0.3) is 0 Å². The number of anilines is 2. The lowest BCUT2D eigenvalue weighted by Gasteiger charge is -2.16. The van der Waals surface area contributed by atoms with Crippen molar-refractivity contribution in [2.75, 3.05) is 17.7 Å². The van der Waals surface area contributed by atoms with Crippen molar-refractivity contribution < 1.29 is 19.1 Å². The minimum absolute atomic E-state index is 0.0865. The topological polar surface area (TPSA) is 84.5 Å². The molecule has 0 aromatic heterocycles. The van der Waals surface area contributed by atoms with Crippen molar-refractivity contribution in [1.29, 1.82) is 0 Å². The van der Waals surface area contributed by atoms with Crippen molar-refractivity contribution >= 4 is 63.3 Å². The number of nitrogens with one attached hydrogen (secondary N) is 2. The highest BCUT2D eigenvalue weighted by Gasteiger charge is 2.22. The molecule has 160 valence electrons. The number of amides is 1. The molecular weight excluding hydrogens is 447 g/mol. The van der Waals surface area contributed by atoms with Gasteiger partial charge in [-0.05, 0) is 30.7 Å². The summed E-state index contributed by atoms with van der Waals surface area (Å²) in [5.74, 6) is -0.848. The maximum atomic E-state index is 12.5. The van der Waals surface area contributed by atoms with Gasteiger partial charge in [-0.15, -0.1) is 0 Å². The number of ether oxygens (including phenoxy) is 1. The molecule has 6 nitrogen and oxygen atoms in total. The molecular formula is C21H22Cl2N2O4S. The van der Waals surface area contributed by atoms with E-state index in [2.05, 4.69) is 10.6 Å². The maximum Gasteiger partial charge on any atom is 0.329 e. The summed E-state index contributed by atoms with van der Waals surface area (Å²) in [6.07, 6.45) is 0.117. The Morgan fingerprint density at radius 3 is 2.37 bits per heavy atom. The molecule has 0 saturated carbocycles. The molecule has 0 radical (unpaired) electrons. The van der Waals surface area contributed by atoms with Gasteiger partial charge in [0.1, 0.15) is 6.04 Å². The summed E-state index contributed by atoms with van der Waals surface area (Å²) >= 11 is 13.4. The Morgan fingerprint density at radius 1 is 1.07 bits per heavy atom. The quantitative estimate of drug-likeness (QED) is 0.522. The zero-order valence-corrected chi connectivity index (χ0v) is 18.9. The molecule has 2 rings (SSSR count). The third-order valence-corrected chi connectivity index (χ3v) is 5.53. The molecule has 30 heavy (non-hydrogen) atoms. The van der Waals surface area contributed by atoms with Crippen LogP contribution in [0.2, 0.25) is 10.0 Å². The largest absolute Gasteiger partial charge is 0.464 e. The van der Waals surface area contributed by atoms with Gasteiger partial charge < -0.3 is 15.4 Å². The van der Waals surface area contributed by atoms with Crippen molar-refractivity contribution in [3.63, 3.8) is 0 Å². The van der Waals surface area contributed by atoms with Crippen molar-refractivity contribution in [2.24, 2.45) is 0 Å². The van der Waals surface area contributed by atoms with Crippen LogP contribution in [0.3, 0.4) is 0 Å². The van der Waals surface area contributed by atoms with Crippen LogP contribution in [0.15, 0.2) is 42.5 Å². The highest BCUT2D eigenvalue weighted by Crippen LogP contribution is 2.33. The average Bonchev–Trinajstić information content (AvgIpc) is 2.69. The third-order valence-electron chi connectivity index (χ3n) is 3.93. The zero-order valence-electron chi connectivity index (χ0n) is 16.5. The first-order chi connectivity index (χ1) is 14.3. The lowest BCUT2D eigenvalue weighted by Crippen LogP contribution is -2.42. The lowest BCUT2D eigenvalue weighted by molar-refractivity contribution is -0.146. The standard InChI is InChI=1S/C21H22Cl2N2O4S/c1-3-29-21(28)18(24-13(2)26)12-30-19(27)11-14-7-4-5-10-17(14)25-20-15(22)8-6-9-16(20)23/h4-10,18,25H,3,11-12H2,1-2H3,(H,24,26). The molecule has 2 N–H and O–H groups in total. The maximum absolute atomic E-state index is 12.5. The highest BCUT2D eigenvalue weighted by atomic mass is 35.5. The zero-order chi connectivity index (χ0) is 22.1. The number of thioether (sulfide) groups is 1. The second-order valence-electron chi connectivity index (χ2n) is 6.24. The van der Waals surface area contributed by atoms with E-state index in [-0.39, 0.29) is 29.8 Å². The van der Waals surface area contributed by atoms with Gasteiger partial charge in [0, 0.05) is 24.8 Å². The van der Waals surface area contributed by atoms with Crippen LogP contribution in [0.25, 0.3) is 0 Å². The summed E-state index contributed by atoms with van der Waals surface area (Å²) in [6.45, 7) is 3.17. The molecule has 0 heterocycles. The monoisotopic (exact) mass is 468 g/mol. The smallest absolute Gasteiger partial charge is 0.329 e. The van der Waals surface area contributed by atoms with Crippen LogP contribution in [0.1, 0.15) is 19.4 Å². The van der Waals surface area contributed by atoms with Crippen LogP contribution in [0.4, 0.5) is 11.4 Å². The summed E-state index contributed by atoms with van der Waals surface area (Å²) in [6, 6.07) is 11.6. The van der Waals surface area contributed by atoms with E-state index in [0.29, 0.717) is 21.4 Å². The molecule has 9 heteroatoms. The summed E-state index contributed by atoms with van der Waals surface area (Å²) < 4.78 is 4.95. The van der Waals surface area contributed by atoms with Gasteiger partial charge in [-0.2, -0.15) is 0 Å². The van der Waals surface area contributed by atoms with Crippen LogP contribution in [0.5, 0.6) is 0 Å². The number of esters is 1. The van der Waals surface area contributed by atoms with E-state index in [4.69, 9.17) is 27.9 Å². The first-order valence-corrected chi connectivity index (χ1v) is 10.9. The Kier molecular flexibility index (Phi) is 9.49. The summed E-state index contributed by atoms with van der Waals surface area (Å²) in [5.41, 5.74) is 2.00. The second-order valence-corrected chi connectivity index (χ2v) is 8.14. The van der Waals surface area contributed by atoms with Gasteiger partial charge in [0.05, 0.1) is 22.3 Å². The van der Waals surface area contributed by atoms with E-state index in [1.54, 1.807) is 25.1 Å². The number of carbonyl (C=O) groups excluding carboxylic acids is 3. The predicted molar refractivity (Wildman–Crippen MR) is 122 cm³/mol. The first kappa shape index (κ1) is 24.1. The van der Waals surface area contributed by atoms with Gasteiger partial charge >= 0.3 is 5.97 Å².